The Labute approximate surface area is 324 Å². The van der Waals surface area contributed by atoms with Gasteiger partial charge in [-0.15, -0.1) is 11.3 Å². The summed E-state index contributed by atoms with van der Waals surface area (Å²) in [5.74, 6) is 0. The molecular weight excluding hydrogens is 683 g/mol. The Kier molecular flexibility index (Phi) is 6.49. The van der Waals surface area contributed by atoms with Gasteiger partial charge in [-0.2, -0.15) is 0 Å². The molecule has 1 atom stereocenters. The van der Waals surface area contributed by atoms with Crippen molar-refractivity contribution in [3.05, 3.63) is 222 Å². The number of hydrogen-bond acceptors (Lipinski definition) is 2. The van der Waals surface area contributed by atoms with E-state index in [0.717, 1.165) is 17.1 Å². The van der Waals surface area contributed by atoms with Gasteiger partial charge >= 0.3 is 0 Å². The number of thiophene rings is 1. The number of anilines is 3. The molecule has 1 spiro atoms. The fourth-order valence-electron chi connectivity index (χ4n) is 9.84. The van der Waals surface area contributed by atoms with Crippen molar-refractivity contribution >= 4 is 59.3 Å². The summed E-state index contributed by atoms with van der Waals surface area (Å²) in [6, 6.07) is 74.8. The predicted octanol–water partition coefficient (Wildman–Crippen LogP) is 14.7. The van der Waals surface area contributed by atoms with Crippen LogP contribution in [-0.2, 0) is 5.41 Å². The Balaban J connectivity index is 1.25. The summed E-state index contributed by atoms with van der Waals surface area (Å²) < 4.78 is 2.66. The monoisotopic (exact) mass is 715 g/mol. The van der Waals surface area contributed by atoms with Gasteiger partial charge in [-0.25, -0.2) is 0 Å². The molecule has 1 aromatic heterocycles. The summed E-state index contributed by atoms with van der Waals surface area (Å²) in [5.41, 5.74) is 15.8. The standard InChI is InChI=1S/C53H33NS/c1-2-17-35(18-3-1)54(50-27-14-16-34-15-4-5-19-37(34)50)36-29-30-42-39-21-7-6-20-38(39)40-22-8-11-25-46(40)53(48(42)31-36)47-26-12-9-23-41(47)44-33-52-45(32-49(44)53)43-24-10-13-28-51(43)55-52/h1-33H. The van der Waals surface area contributed by atoms with Crippen molar-refractivity contribution in [1.82, 2.24) is 0 Å². The maximum atomic E-state index is 2.55. The van der Waals surface area contributed by atoms with Crippen LogP contribution in [0.15, 0.2) is 200 Å². The Bertz CT molecular complexity index is 3170. The lowest BCUT2D eigenvalue weighted by atomic mass is 9.65. The molecule has 1 nitrogen and oxygen atoms in total. The van der Waals surface area contributed by atoms with Gasteiger partial charge in [-0.3, -0.25) is 0 Å². The van der Waals surface area contributed by atoms with Crippen molar-refractivity contribution in [1.29, 1.82) is 0 Å². The Morgan fingerprint density at radius 1 is 0.327 bits per heavy atom. The van der Waals surface area contributed by atoms with Crippen LogP contribution in [-0.4, -0.2) is 0 Å². The van der Waals surface area contributed by atoms with Gasteiger partial charge in [0.15, 0.2) is 0 Å². The number of para-hydroxylation sites is 1. The number of hydrogen-bond donors (Lipinski definition) is 0. The van der Waals surface area contributed by atoms with Gasteiger partial charge in [-0.05, 0) is 110 Å². The first-order chi connectivity index (χ1) is 27.3. The molecule has 0 bridgehead atoms. The predicted molar refractivity (Wildman–Crippen MR) is 233 cm³/mol. The quantitative estimate of drug-likeness (QED) is 0.176. The molecule has 10 aromatic rings. The lowest BCUT2D eigenvalue weighted by Gasteiger charge is -2.36. The molecule has 0 amide bonds. The van der Waals surface area contributed by atoms with Crippen LogP contribution in [0.1, 0.15) is 22.3 Å². The molecular formula is C53H33NS. The zero-order valence-electron chi connectivity index (χ0n) is 29.9. The van der Waals surface area contributed by atoms with Crippen LogP contribution in [0.4, 0.5) is 17.1 Å². The average Bonchev–Trinajstić information content (AvgIpc) is 3.73. The summed E-state index contributed by atoms with van der Waals surface area (Å²) in [5, 5.41) is 5.09. The SMILES string of the molecule is c1ccc(N(c2ccc3c(c2)C2(c4ccccc4-c4ccccc4-3)c3ccccc3-c3cc4sc5ccccc5c4cc32)c2cccc3ccccc23)cc1. The van der Waals surface area contributed by atoms with E-state index in [9.17, 15) is 0 Å². The van der Waals surface area contributed by atoms with Crippen LogP contribution >= 0.6 is 11.3 Å². The molecule has 2 aliphatic carbocycles. The van der Waals surface area contributed by atoms with Crippen molar-refractivity contribution in [3.8, 4) is 33.4 Å². The van der Waals surface area contributed by atoms with E-state index in [-0.39, 0.29) is 0 Å². The normalized spacial score (nSPS) is 15.0. The van der Waals surface area contributed by atoms with Crippen molar-refractivity contribution < 1.29 is 0 Å². The zero-order valence-corrected chi connectivity index (χ0v) is 30.7. The van der Waals surface area contributed by atoms with Crippen molar-refractivity contribution in [2.45, 2.75) is 5.41 Å². The highest BCUT2D eigenvalue weighted by Gasteiger charge is 2.50. The Hall–Kier alpha value is -6.74. The van der Waals surface area contributed by atoms with Crippen LogP contribution in [0.2, 0.25) is 0 Å². The molecule has 256 valence electrons. The molecule has 1 unspecified atom stereocenters. The van der Waals surface area contributed by atoms with E-state index in [2.05, 4.69) is 205 Å². The minimum Gasteiger partial charge on any atom is -0.310 e. The largest absolute Gasteiger partial charge is 0.310 e. The van der Waals surface area contributed by atoms with Gasteiger partial charge < -0.3 is 4.90 Å². The third kappa shape index (κ3) is 4.23. The molecule has 1 heterocycles. The molecule has 2 heteroatoms. The van der Waals surface area contributed by atoms with E-state index in [1.165, 1.54) is 86.6 Å². The van der Waals surface area contributed by atoms with Gasteiger partial charge in [0.25, 0.3) is 0 Å². The van der Waals surface area contributed by atoms with E-state index < -0.39 is 5.41 Å². The summed E-state index contributed by atoms with van der Waals surface area (Å²) >= 11 is 1.90. The van der Waals surface area contributed by atoms with E-state index in [4.69, 9.17) is 0 Å². The summed E-state index contributed by atoms with van der Waals surface area (Å²) in [7, 11) is 0. The van der Waals surface area contributed by atoms with Crippen LogP contribution < -0.4 is 4.90 Å². The smallest absolute Gasteiger partial charge is 0.0726 e. The van der Waals surface area contributed by atoms with Crippen LogP contribution in [0, 0.1) is 0 Å². The maximum absolute atomic E-state index is 2.55. The highest BCUT2D eigenvalue weighted by molar-refractivity contribution is 7.25. The second-order valence-corrected chi connectivity index (χ2v) is 15.9. The van der Waals surface area contributed by atoms with Gasteiger partial charge in [0.1, 0.15) is 0 Å². The topological polar surface area (TPSA) is 3.24 Å². The van der Waals surface area contributed by atoms with Crippen LogP contribution in [0.25, 0.3) is 64.3 Å². The van der Waals surface area contributed by atoms with Crippen molar-refractivity contribution in [3.63, 3.8) is 0 Å². The molecule has 0 N–H and O–H groups in total. The first-order valence-corrected chi connectivity index (χ1v) is 19.8. The van der Waals surface area contributed by atoms with Crippen LogP contribution in [0.3, 0.4) is 0 Å². The van der Waals surface area contributed by atoms with Gasteiger partial charge in [0.05, 0.1) is 11.1 Å². The van der Waals surface area contributed by atoms with Gasteiger partial charge in [-0.1, -0.05) is 152 Å². The lowest BCUT2D eigenvalue weighted by molar-refractivity contribution is 0.776. The number of rotatable bonds is 3. The summed E-state index contributed by atoms with van der Waals surface area (Å²) in [6.07, 6.45) is 0. The molecule has 55 heavy (non-hydrogen) atoms. The molecule has 0 saturated heterocycles. The lowest BCUT2D eigenvalue weighted by Crippen LogP contribution is -2.29. The van der Waals surface area contributed by atoms with Crippen molar-refractivity contribution in [2.75, 3.05) is 4.90 Å². The number of fused-ring (bicyclic) bond motifs is 16. The molecule has 12 rings (SSSR count). The summed E-state index contributed by atoms with van der Waals surface area (Å²) in [4.78, 5) is 2.45. The minimum absolute atomic E-state index is 0.592. The average molecular weight is 716 g/mol. The third-order valence-corrected chi connectivity index (χ3v) is 13.2. The first-order valence-electron chi connectivity index (χ1n) is 19.0. The van der Waals surface area contributed by atoms with Gasteiger partial charge in [0, 0.05) is 36.9 Å². The second kappa shape index (κ2) is 11.6. The number of nitrogens with zero attached hydrogens (tertiary/aromatic N) is 1. The maximum Gasteiger partial charge on any atom is 0.0726 e. The van der Waals surface area contributed by atoms with E-state index in [1.54, 1.807) is 0 Å². The van der Waals surface area contributed by atoms with Crippen LogP contribution in [0.5, 0.6) is 0 Å². The third-order valence-electron chi connectivity index (χ3n) is 12.1. The fraction of sp³-hybridized carbons (Fsp3) is 0.0189. The Morgan fingerprint density at radius 2 is 0.909 bits per heavy atom. The molecule has 0 fully saturated rings. The number of benzene rings is 9. The fourth-order valence-corrected chi connectivity index (χ4v) is 11.0. The molecule has 0 radical (unpaired) electrons. The van der Waals surface area contributed by atoms with E-state index in [0.29, 0.717) is 0 Å². The van der Waals surface area contributed by atoms with Gasteiger partial charge in [0.2, 0.25) is 0 Å². The molecule has 2 aliphatic rings. The molecule has 9 aromatic carbocycles. The van der Waals surface area contributed by atoms with E-state index >= 15 is 0 Å². The highest BCUT2D eigenvalue weighted by atomic mass is 32.1. The first kappa shape index (κ1) is 30.7. The van der Waals surface area contributed by atoms with E-state index in [1.807, 2.05) is 11.3 Å². The molecule has 0 aliphatic heterocycles. The summed E-state index contributed by atoms with van der Waals surface area (Å²) in [6.45, 7) is 0. The Morgan fingerprint density at radius 3 is 1.69 bits per heavy atom. The second-order valence-electron chi connectivity index (χ2n) is 14.8. The zero-order chi connectivity index (χ0) is 36.1. The highest BCUT2D eigenvalue weighted by Crippen LogP contribution is 2.63. The van der Waals surface area contributed by atoms with Crippen molar-refractivity contribution in [2.24, 2.45) is 0 Å². The minimum atomic E-state index is -0.592. The molecule has 0 saturated carbocycles.